The molecule has 0 aliphatic heterocycles. The van der Waals surface area contributed by atoms with Gasteiger partial charge in [-0.1, -0.05) is 115 Å². The summed E-state index contributed by atoms with van der Waals surface area (Å²) < 4.78 is 8.45. The maximum atomic E-state index is 9.98. The number of fused-ring (bicyclic) bond motifs is 6. The van der Waals surface area contributed by atoms with Crippen molar-refractivity contribution in [1.29, 1.82) is 15.8 Å². The van der Waals surface area contributed by atoms with Gasteiger partial charge in [-0.3, -0.25) is 0 Å². The van der Waals surface area contributed by atoms with Crippen LogP contribution in [0.2, 0.25) is 0 Å². The van der Waals surface area contributed by atoms with Gasteiger partial charge in [0.25, 0.3) is 0 Å². The minimum absolute atomic E-state index is 0.369. The normalized spacial score (nSPS) is 11.1. The average Bonchev–Trinajstić information content (AvgIpc) is 3.97. The summed E-state index contributed by atoms with van der Waals surface area (Å²) in [6.07, 6.45) is 0. The summed E-state index contributed by atoms with van der Waals surface area (Å²) in [5.74, 6) is 1.47. The molecule has 0 radical (unpaired) electrons. The summed E-state index contributed by atoms with van der Waals surface area (Å²) in [6, 6.07) is 69.8. The molecule has 322 valence electrons. The molecule has 0 aliphatic rings. The zero-order valence-electron chi connectivity index (χ0n) is 37.0. The van der Waals surface area contributed by atoms with Gasteiger partial charge in [-0.25, -0.2) is 19.8 Å². The lowest BCUT2D eigenvalue weighted by atomic mass is 9.98. The number of hydrogen-bond acceptors (Lipinski definition) is 7. The first-order chi connectivity index (χ1) is 34.4. The maximum absolute atomic E-state index is 9.98. The van der Waals surface area contributed by atoms with Crippen molar-refractivity contribution in [1.82, 2.24) is 19.5 Å². The second kappa shape index (κ2) is 16.8. The highest BCUT2D eigenvalue weighted by Gasteiger charge is 2.22. The minimum Gasteiger partial charge on any atom is -0.456 e. The molecule has 9 nitrogen and oxygen atoms in total. The fraction of sp³-hybridized carbons (Fsp3) is 0. The predicted octanol–water partition coefficient (Wildman–Crippen LogP) is 15.0. The molecule has 0 atom stereocenters. The fourth-order valence-corrected chi connectivity index (χ4v) is 9.39. The van der Waals surface area contributed by atoms with Crippen LogP contribution in [0.4, 0.5) is 5.69 Å². The second-order valence-corrected chi connectivity index (χ2v) is 16.9. The first-order valence-corrected chi connectivity index (χ1v) is 22.4. The number of nitrogens with zero attached hydrogens (tertiary/aromatic N) is 8. The van der Waals surface area contributed by atoms with Gasteiger partial charge >= 0.3 is 0 Å². The third-order valence-electron chi connectivity index (χ3n) is 12.7. The molecule has 0 amide bonds. The van der Waals surface area contributed by atoms with Crippen LogP contribution in [0.15, 0.2) is 199 Å². The van der Waals surface area contributed by atoms with Crippen molar-refractivity contribution in [3.8, 4) is 91.4 Å². The lowest BCUT2D eigenvalue weighted by Crippen LogP contribution is -2.04. The summed E-state index contributed by atoms with van der Waals surface area (Å²) in [6.45, 7) is 7.81. The maximum Gasteiger partial charge on any atom is 0.189 e. The molecule has 0 unspecified atom stereocenters. The van der Waals surface area contributed by atoms with Crippen molar-refractivity contribution < 1.29 is 4.42 Å². The Bertz CT molecular complexity index is 4040. The van der Waals surface area contributed by atoms with Gasteiger partial charge in [0.2, 0.25) is 0 Å². The topological polar surface area (TPSA) is 132 Å². The van der Waals surface area contributed by atoms with Crippen molar-refractivity contribution in [3.05, 3.63) is 222 Å². The molecule has 12 rings (SSSR count). The minimum atomic E-state index is 0.369. The highest BCUT2D eigenvalue weighted by molar-refractivity contribution is 6.12. The second-order valence-electron chi connectivity index (χ2n) is 16.9. The monoisotopic (exact) mass is 892 g/mol. The molecular formula is C61H32N8O. The van der Waals surface area contributed by atoms with Gasteiger partial charge in [0, 0.05) is 43.8 Å². The van der Waals surface area contributed by atoms with Crippen molar-refractivity contribution in [2.75, 3.05) is 0 Å². The van der Waals surface area contributed by atoms with Gasteiger partial charge in [-0.2, -0.15) is 15.8 Å². The Kier molecular flexibility index (Phi) is 9.82. The summed E-state index contributed by atoms with van der Waals surface area (Å²) in [5, 5.41) is 33.8. The van der Waals surface area contributed by atoms with E-state index in [9.17, 15) is 15.8 Å². The average molecular weight is 893 g/mol. The van der Waals surface area contributed by atoms with Crippen molar-refractivity contribution in [3.63, 3.8) is 0 Å². The quantitative estimate of drug-likeness (QED) is 0.145. The van der Waals surface area contributed by atoms with Crippen molar-refractivity contribution >= 4 is 49.4 Å². The van der Waals surface area contributed by atoms with Gasteiger partial charge in [-0.05, 0) is 112 Å². The van der Waals surface area contributed by atoms with E-state index in [1.54, 1.807) is 36.4 Å². The molecule has 0 saturated carbocycles. The highest BCUT2D eigenvalue weighted by Crippen LogP contribution is 2.42. The summed E-state index contributed by atoms with van der Waals surface area (Å²) in [7, 11) is 0. The van der Waals surface area contributed by atoms with Crippen LogP contribution < -0.4 is 0 Å². The van der Waals surface area contributed by atoms with Gasteiger partial charge in [0.1, 0.15) is 11.2 Å². The van der Waals surface area contributed by atoms with E-state index in [-0.39, 0.29) is 0 Å². The Morgan fingerprint density at radius 3 is 1.51 bits per heavy atom. The number of furan rings is 1. The third kappa shape index (κ3) is 7.14. The van der Waals surface area contributed by atoms with Gasteiger partial charge in [-0.15, -0.1) is 0 Å². The van der Waals surface area contributed by atoms with E-state index in [1.807, 2.05) is 97.1 Å². The van der Waals surface area contributed by atoms with Crippen molar-refractivity contribution in [2.24, 2.45) is 0 Å². The lowest BCUT2D eigenvalue weighted by molar-refractivity contribution is 0.669. The van der Waals surface area contributed by atoms with Crippen LogP contribution in [-0.4, -0.2) is 19.5 Å². The molecular weight excluding hydrogens is 861 g/mol. The Morgan fingerprint density at radius 1 is 0.400 bits per heavy atom. The van der Waals surface area contributed by atoms with E-state index in [4.69, 9.17) is 25.9 Å². The lowest BCUT2D eigenvalue weighted by Gasteiger charge is -2.17. The number of nitriles is 3. The van der Waals surface area contributed by atoms with Crippen LogP contribution >= 0.6 is 0 Å². The first kappa shape index (κ1) is 41.0. The standard InChI is InChI=1S/C61H32N8O/c1-65-48-28-39(36-64)27-47(29-48)45-17-21-50-49-20-16-44(46-25-37(34-62)24-38(26-46)35-63)32-55(49)69(56(50)33-45)54-22-18-42(43-19-23-58-52(30-43)51-14-8-9-15-57(51)70-58)31-53(54)61-67-59(40-10-4-2-5-11-40)66-60(68-61)41-12-6-3-7-13-41/h2-33H. The van der Waals surface area contributed by atoms with Gasteiger partial charge in [0.05, 0.1) is 52.6 Å². The van der Waals surface area contributed by atoms with Crippen molar-refractivity contribution in [2.45, 2.75) is 0 Å². The molecule has 0 bridgehead atoms. The van der Waals surface area contributed by atoms with Gasteiger partial charge in [0.15, 0.2) is 23.2 Å². The zero-order chi connectivity index (χ0) is 47.3. The third-order valence-corrected chi connectivity index (χ3v) is 12.7. The summed E-state index contributed by atoms with van der Waals surface area (Å²) >= 11 is 0. The summed E-state index contributed by atoms with van der Waals surface area (Å²) in [5.41, 5.74) is 13.0. The number of aromatic nitrogens is 4. The fourth-order valence-electron chi connectivity index (χ4n) is 9.39. The van der Waals surface area contributed by atoms with Crippen LogP contribution in [0.5, 0.6) is 0 Å². The molecule has 3 aromatic heterocycles. The largest absolute Gasteiger partial charge is 0.456 e. The van der Waals surface area contributed by atoms with Crippen LogP contribution in [0.1, 0.15) is 16.7 Å². The number of benzene rings is 9. The molecule has 0 N–H and O–H groups in total. The molecule has 9 heteroatoms. The SMILES string of the molecule is [C-]#[N+]c1cc(C#N)cc(-c2ccc3c4ccc(-c5cc(C#N)cc(C#N)c5)cc4n(-c4ccc(-c5ccc6oc7ccccc7c6c5)cc4-c4nc(-c5ccccc5)nc(-c5ccccc5)n4)c3c2)c1. The van der Waals surface area contributed by atoms with E-state index in [0.717, 1.165) is 99.5 Å². The van der Waals surface area contributed by atoms with Crippen LogP contribution in [0.25, 0.3) is 122 Å². The zero-order valence-corrected chi connectivity index (χ0v) is 37.0. The molecule has 3 heterocycles. The Labute approximate surface area is 401 Å². The van der Waals surface area contributed by atoms with Crippen LogP contribution in [0, 0.1) is 40.6 Å². The van der Waals surface area contributed by atoms with E-state index in [1.165, 1.54) is 0 Å². The molecule has 0 saturated heterocycles. The highest BCUT2D eigenvalue weighted by atomic mass is 16.3. The molecule has 0 fully saturated rings. The molecule has 0 aliphatic carbocycles. The number of hydrogen-bond donors (Lipinski definition) is 0. The van der Waals surface area contributed by atoms with E-state index >= 15 is 0 Å². The number of para-hydroxylation sites is 1. The summed E-state index contributed by atoms with van der Waals surface area (Å²) in [4.78, 5) is 19.3. The smallest absolute Gasteiger partial charge is 0.189 e. The molecule has 70 heavy (non-hydrogen) atoms. The molecule has 0 spiro atoms. The predicted molar refractivity (Wildman–Crippen MR) is 274 cm³/mol. The van der Waals surface area contributed by atoms with E-state index in [0.29, 0.717) is 39.9 Å². The van der Waals surface area contributed by atoms with E-state index < -0.39 is 0 Å². The first-order valence-electron chi connectivity index (χ1n) is 22.4. The number of rotatable bonds is 7. The van der Waals surface area contributed by atoms with E-state index in [2.05, 4.69) is 88.3 Å². The van der Waals surface area contributed by atoms with Crippen LogP contribution in [-0.2, 0) is 0 Å². The Morgan fingerprint density at radius 2 is 0.900 bits per heavy atom. The molecule has 9 aromatic carbocycles. The van der Waals surface area contributed by atoms with Gasteiger partial charge < -0.3 is 8.98 Å². The Hall–Kier alpha value is -10.5. The molecule has 12 aromatic rings. The van der Waals surface area contributed by atoms with Crippen LogP contribution in [0.3, 0.4) is 0 Å². The Balaban J connectivity index is 1.18.